The number of furan rings is 1. The summed E-state index contributed by atoms with van der Waals surface area (Å²) in [6, 6.07) is 48.1. The van der Waals surface area contributed by atoms with Crippen molar-refractivity contribution in [1.82, 2.24) is 0 Å². The predicted octanol–water partition coefficient (Wildman–Crippen LogP) is 16.6. The fraction of sp³-hybridized carbons (Fsp3) is 0.250. The molecule has 9 aromatic rings. The van der Waals surface area contributed by atoms with Crippen LogP contribution < -0.4 is 4.90 Å². The third kappa shape index (κ3) is 5.10. The summed E-state index contributed by atoms with van der Waals surface area (Å²) in [7, 11) is 0. The van der Waals surface area contributed by atoms with Gasteiger partial charge in [-0.1, -0.05) is 142 Å². The first-order valence-corrected chi connectivity index (χ1v) is 22.0. The molecule has 0 atom stereocenters. The van der Waals surface area contributed by atoms with Crippen LogP contribution >= 0.6 is 11.3 Å². The molecule has 3 heteroatoms. The highest BCUT2D eigenvalue weighted by atomic mass is 32.1. The molecule has 0 bridgehead atoms. The largest absolute Gasteiger partial charge is 0.456 e. The fourth-order valence-corrected chi connectivity index (χ4v) is 12.0. The maximum atomic E-state index is 6.55. The molecule has 11 rings (SSSR count). The third-order valence-electron chi connectivity index (χ3n) is 13.7. The molecule has 2 heterocycles. The summed E-state index contributed by atoms with van der Waals surface area (Å²) >= 11 is 1.97. The zero-order chi connectivity index (χ0) is 41.0. The Morgan fingerprint density at radius 1 is 0.508 bits per heavy atom. The van der Waals surface area contributed by atoms with Gasteiger partial charge < -0.3 is 9.32 Å². The molecule has 59 heavy (non-hydrogen) atoms. The van der Waals surface area contributed by atoms with Crippen molar-refractivity contribution < 1.29 is 4.42 Å². The van der Waals surface area contributed by atoms with E-state index in [4.69, 9.17) is 4.42 Å². The van der Waals surface area contributed by atoms with Crippen LogP contribution in [0.1, 0.15) is 103 Å². The smallest absolute Gasteiger partial charge is 0.137 e. The SMILES string of the molecule is CC(C)(C)c1cc(C(C)(C)C)c2sc3cc4c(cc3c2c1)C(C)(C)c1c-4cccc1N(c1ccc2c(c1)C(C)(C)c1ccccc1-2)c1cccc2oc3ccccc3c12. The van der Waals surface area contributed by atoms with Crippen LogP contribution in [0.3, 0.4) is 0 Å². The highest BCUT2D eigenvalue weighted by Crippen LogP contribution is 2.58. The highest BCUT2D eigenvalue weighted by Gasteiger charge is 2.41. The molecule has 0 radical (unpaired) electrons. The molecule has 0 unspecified atom stereocenters. The van der Waals surface area contributed by atoms with E-state index in [9.17, 15) is 0 Å². The molecule has 0 spiro atoms. The summed E-state index contributed by atoms with van der Waals surface area (Å²) in [5.41, 5.74) is 18.6. The average molecular weight is 786 g/mol. The van der Waals surface area contributed by atoms with Crippen molar-refractivity contribution in [2.75, 3.05) is 4.90 Å². The summed E-state index contributed by atoms with van der Waals surface area (Å²) in [6.07, 6.45) is 0. The Morgan fingerprint density at radius 2 is 1.19 bits per heavy atom. The number of hydrogen-bond acceptors (Lipinski definition) is 3. The molecule has 292 valence electrons. The molecule has 2 aliphatic carbocycles. The Morgan fingerprint density at radius 3 is 1.98 bits per heavy atom. The van der Waals surface area contributed by atoms with E-state index in [0.717, 1.165) is 33.3 Å². The summed E-state index contributed by atoms with van der Waals surface area (Å²) in [5, 5.41) is 5.02. The summed E-state index contributed by atoms with van der Waals surface area (Å²) in [4.78, 5) is 2.54. The Kier molecular flexibility index (Phi) is 7.40. The van der Waals surface area contributed by atoms with Crippen molar-refractivity contribution in [3.8, 4) is 22.3 Å². The second kappa shape index (κ2) is 12.0. The summed E-state index contributed by atoms with van der Waals surface area (Å²) < 4.78 is 9.33. The van der Waals surface area contributed by atoms with Crippen LogP contribution in [0.2, 0.25) is 0 Å². The Hall–Kier alpha value is -5.64. The first kappa shape index (κ1) is 36.4. The quantitative estimate of drug-likeness (QED) is 0.177. The van der Waals surface area contributed by atoms with Gasteiger partial charge >= 0.3 is 0 Å². The molecule has 7 aromatic carbocycles. The Bertz CT molecular complexity index is 3240. The summed E-state index contributed by atoms with van der Waals surface area (Å²) in [6.45, 7) is 23.7. The molecule has 0 aliphatic heterocycles. The number of benzene rings is 7. The van der Waals surface area contributed by atoms with Crippen LogP contribution in [0, 0.1) is 0 Å². The minimum absolute atomic E-state index is 0.0338. The summed E-state index contributed by atoms with van der Waals surface area (Å²) in [5.74, 6) is 0. The van der Waals surface area contributed by atoms with Gasteiger partial charge in [0.15, 0.2) is 0 Å². The second-order valence-corrected chi connectivity index (χ2v) is 21.3. The van der Waals surface area contributed by atoms with E-state index in [2.05, 4.69) is 202 Å². The van der Waals surface area contributed by atoms with Gasteiger partial charge in [0.1, 0.15) is 11.2 Å². The number of fused-ring (bicyclic) bond motifs is 12. The first-order valence-electron chi connectivity index (χ1n) is 21.2. The third-order valence-corrected chi connectivity index (χ3v) is 14.9. The van der Waals surface area contributed by atoms with Gasteiger partial charge in [-0.3, -0.25) is 0 Å². The molecule has 0 saturated heterocycles. The predicted molar refractivity (Wildman–Crippen MR) is 254 cm³/mol. The Labute approximate surface area is 352 Å². The zero-order valence-electron chi connectivity index (χ0n) is 35.9. The fourth-order valence-electron chi connectivity index (χ4n) is 10.6. The van der Waals surface area contributed by atoms with Gasteiger partial charge in [0, 0.05) is 42.1 Å². The van der Waals surface area contributed by atoms with Crippen molar-refractivity contribution in [3.05, 3.63) is 161 Å². The number of anilines is 3. The van der Waals surface area contributed by atoms with Gasteiger partial charge in [-0.15, -0.1) is 11.3 Å². The van der Waals surface area contributed by atoms with Gasteiger partial charge in [0.05, 0.1) is 16.8 Å². The van der Waals surface area contributed by atoms with Crippen LogP contribution in [0.4, 0.5) is 17.1 Å². The topological polar surface area (TPSA) is 16.4 Å². The normalized spacial score (nSPS) is 15.2. The van der Waals surface area contributed by atoms with Crippen LogP contribution in [0.5, 0.6) is 0 Å². The number of rotatable bonds is 3. The van der Waals surface area contributed by atoms with Crippen molar-refractivity contribution in [2.24, 2.45) is 0 Å². The van der Waals surface area contributed by atoms with Crippen LogP contribution in [-0.4, -0.2) is 0 Å². The van der Waals surface area contributed by atoms with E-state index in [1.165, 1.54) is 81.5 Å². The molecule has 0 N–H and O–H groups in total. The van der Waals surface area contributed by atoms with Crippen molar-refractivity contribution in [1.29, 1.82) is 0 Å². The Balaban J connectivity index is 1.18. The molecule has 2 nitrogen and oxygen atoms in total. The lowest BCUT2D eigenvalue weighted by Gasteiger charge is -2.33. The van der Waals surface area contributed by atoms with E-state index in [-0.39, 0.29) is 21.7 Å². The van der Waals surface area contributed by atoms with Crippen LogP contribution in [-0.2, 0) is 21.7 Å². The van der Waals surface area contributed by atoms with E-state index in [1.54, 1.807) is 0 Å². The van der Waals surface area contributed by atoms with Gasteiger partial charge in [-0.05, 0) is 121 Å². The van der Waals surface area contributed by atoms with Gasteiger partial charge in [-0.2, -0.15) is 0 Å². The standard InChI is InChI=1S/C56H51NOS/c1-53(2,3)32-27-40-39-30-43-38(31-49(39)59-52(40)44(28-32)54(4,5)6)36-19-15-22-46(51(36)56(43,9)10)57(45-21-16-24-48-50(45)37-18-12-14-23-47(37)58-48)33-25-26-35-34-17-11-13-20-41(34)55(7,8)42(35)29-33/h11-31H,1-10H3. The van der Waals surface area contributed by atoms with E-state index in [0.29, 0.717) is 0 Å². The van der Waals surface area contributed by atoms with Crippen LogP contribution in [0.15, 0.2) is 132 Å². The van der Waals surface area contributed by atoms with Gasteiger partial charge in [-0.25, -0.2) is 0 Å². The molecular formula is C56H51NOS. The maximum absolute atomic E-state index is 6.55. The molecule has 0 amide bonds. The number of thiophene rings is 1. The lowest BCUT2D eigenvalue weighted by Crippen LogP contribution is -2.21. The minimum atomic E-state index is -0.283. The molecular weight excluding hydrogens is 735 g/mol. The monoisotopic (exact) mass is 785 g/mol. The maximum Gasteiger partial charge on any atom is 0.137 e. The van der Waals surface area contributed by atoms with Gasteiger partial charge in [0.25, 0.3) is 0 Å². The average Bonchev–Trinajstić information content (AvgIpc) is 3.89. The molecule has 0 fully saturated rings. The molecule has 2 aliphatic rings. The minimum Gasteiger partial charge on any atom is -0.456 e. The van der Waals surface area contributed by atoms with Gasteiger partial charge in [0.2, 0.25) is 0 Å². The number of hydrogen-bond donors (Lipinski definition) is 0. The van der Waals surface area contributed by atoms with Crippen molar-refractivity contribution in [3.63, 3.8) is 0 Å². The van der Waals surface area contributed by atoms with E-state index in [1.807, 2.05) is 11.3 Å². The van der Waals surface area contributed by atoms with Crippen LogP contribution in [0.25, 0.3) is 64.4 Å². The highest BCUT2D eigenvalue weighted by molar-refractivity contribution is 7.26. The lowest BCUT2D eigenvalue weighted by atomic mass is 9.79. The second-order valence-electron chi connectivity index (χ2n) is 20.2. The molecule has 2 aromatic heterocycles. The van der Waals surface area contributed by atoms with E-state index >= 15 is 0 Å². The van der Waals surface area contributed by atoms with Crippen molar-refractivity contribution >= 4 is 70.5 Å². The number of para-hydroxylation sites is 1. The van der Waals surface area contributed by atoms with Crippen molar-refractivity contribution in [2.45, 2.75) is 90.9 Å². The number of nitrogens with zero attached hydrogens (tertiary/aromatic N) is 1. The zero-order valence-corrected chi connectivity index (χ0v) is 36.7. The van der Waals surface area contributed by atoms with E-state index < -0.39 is 0 Å². The first-order chi connectivity index (χ1) is 28.0. The lowest BCUT2D eigenvalue weighted by molar-refractivity contribution is 0.573. The molecule has 0 saturated carbocycles.